The van der Waals surface area contributed by atoms with Crippen molar-refractivity contribution in [2.24, 2.45) is 5.92 Å². The molecule has 0 aromatic heterocycles. The monoisotopic (exact) mass is 267 g/mol. The highest BCUT2D eigenvalue weighted by molar-refractivity contribution is 6.35. The molecule has 0 aliphatic carbocycles. The third-order valence-corrected chi connectivity index (χ3v) is 3.88. The van der Waals surface area contributed by atoms with Crippen molar-refractivity contribution in [2.45, 2.75) is 37.7 Å². The molecule has 0 spiro atoms. The van der Waals surface area contributed by atoms with Crippen LogP contribution < -0.4 is 5.32 Å². The third kappa shape index (κ3) is 3.79. The lowest BCUT2D eigenvalue weighted by Crippen LogP contribution is -2.44. The Bertz CT molecular complexity index is 240. The smallest absolute Gasteiger partial charge is 0.325 e. The van der Waals surface area contributed by atoms with Crippen molar-refractivity contribution in [1.29, 1.82) is 0 Å². The minimum atomic E-state index is -0.748. The molecular weight excluding hydrogens is 249 g/mol. The quantitative estimate of drug-likeness (QED) is 0.627. The number of halogens is 2. The normalized spacial score (nSPS) is 20.5. The Kier molecular flexibility index (Phi) is 5.35. The van der Waals surface area contributed by atoms with E-state index in [1.807, 2.05) is 13.8 Å². The van der Waals surface area contributed by atoms with Gasteiger partial charge in [0, 0.05) is 11.8 Å². The summed E-state index contributed by atoms with van der Waals surface area (Å²) in [7, 11) is 0. The van der Waals surface area contributed by atoms with Crippen LogP contribution in [0.15, 0.2) is 0 Å². The van der Waals surface area contributed by atoms with Crippen molar-refractivity contribution in [2.75, 3.05) is 19.0 Å². The van der Waals surface area contributed by atoms with Crippen LogP contribution in [-0.4, -0.2) is 35.9 Å². The molecule has 0 radical (unpaired) electrons. The van der Waals surface area contributed by atoms with Gasteiger partial charge in [0.15, 0.2) is 0 Å². The molecular formula is C11H19Cl2NO2. The lowest BCUT2D eigenvalue weighted by Gasteiger charge is -2.37. The molecule has 0 bridgehead atoms. The van der Waals surface area contributed by atoms with E-state index in [0.29, 0.717) is 5.92 Å². The maximum atomic E-state index is 11.6. The Balaban J connectivity index is 2.52. The molecule has 1 aliphatic rings. The van der Waals surface area contributed by atoms with Crippen molar-refractivity contribution >= 4 is 29.2 Å². The van der Waals surface area contributed by atoms with Gasteiger partial charge in [-0.15, -0.1) is 23.2 Å². The van der Waals surface area contributed by atoms with Gasteiger partial charge in [0.2, 0.25) is 0 Å². The number of piperidine rings is 1. The first-order valence-electron chi connectivity index (χ1n) is 5.61. The second kappa shape index (κ2) is 6.08. The Hall–Kier alpha value is 0.01000. The summed E-state index contributed by atoms with van der Waals surface area (Å²) in [5, 5.41) is 2.54. The van der Waals surface area contributed by atoms with E-state index in [2.05, 4.69) is 5.32 Å². The predicted molar refractivity (Wildman–Crippen MR) is 66.1 cm³/mol. The van der Waals surface area contributed by atoms with Crippen LogP contribution in [-0.2, 0) is 9.53 Å². The van der Waals surface area contributed by atoms with E-state index in [4.69, 9.17) is 27.9 Å². The zero-order valence-electron chi connectivity index (χ0n) is 9.76. The van der Waals surface area contributed by atoms with Gasteiger partial charge in [-0.2, -0.15) is 0 Å². The van der Waals surface area contributed by atoms with Crippen LogP contribution in [0.3, 0.4) is 0 Å². The lowest BCUT2D eigenvalue weighted by molar-refractivity contribution is -0.161. The number of nitrogens with one attached hydrogen (secondary N) is 1. The minimum Gasteiger partial charge on any atom is -0.458 e. The van der Waals surface area contributed by atoms with Crippen LogP contribution >= 0.6 is 23.2 Å². The third-order valence-electron chi connectivity index (χ3n) is 3.08. The number of hydrogen-bond acceptors (Lipinski definition) is 3. The summed E-state index contributed by atoms with van der Waals surface area (Å²) in [6, 6.07) is 0. The summed E-state index contributed by atoms with van der Waals surface area (Å²) in [5.74, 6) is 0.0555. The molecule has 0 aromatic rings. The Labute approximate surface area is 107 Å². The van der Waals surface area contributed by atoms with Gasteiger partial charge in [0.05, 0.1) is 0 Å². The van der Waals surface area contributed by atoms with E-state index in [0.717, 1.165) is 25.9 Å². The van der Waals surface area contributed by atoms with Crippen molar-refractivity contribution in [3.8, 4) is 0 Å². The molecule has 16 heavy (non-hydrogen) atoms. The van der Waals surface area contributed by atoms with E-state index in [9.17, 15) is 4.79 Å². The molecule has 1 fully saturated rings. The summed E-state index contributed by atoms with van der Waals surface area (Å²) in [4.78, 5) is 11.6. The highest BCUT2D eigenvalue weighted by atomic mass is 35.5. The average molecular weight is 268 g/mol. The van der Waals surface area contributed by atoms with Gasteiger partial charge < -0.3 is 10.1 Å². The van der Waals surface area contributed by atoms with E-state index >= 15 is 0 Å². The molecule has 1 heterocycles. The van der Waals surface area contributed by atoms with E-state index < -0.39 is 16.9 Å². The van der Waals surface area contributed by atoms with Crippen molar-refractivity contribution < 1.29 is 9.53 Å². The number of carbonyl (C=O) groups excluding carboxylic acids is 1. The SMILES string of the molecule is CC(C)(OC(=O)C(Cl)CCl)C1CCNCC1. The molecule has 1 rings (SSSR count). The van der Waals surface area contributed by atoms with Gasteiger partial charge in [0.25, 0.3) is 0 Å². The highest BCUT2D eigenvalue weighted by Crippen LogP contribution is 2.29. The van der Waals surface area contributed by atoms with E-state index in [1.54, 1.807) is 0 Å². The molecule has 5 heteroatoms. The maximum Gasteiger partial charge on any atom is 0.325 e. The fraction of sp³-hybridized carbons (Fsp3) is 0.909. The molecule has 1 N–H and O–H groups in total. The second-order valence-electron chi connectivity index (χ2n) is 4.67. The van der Waals surface area contributed by atoms with Crippen LogP contribution in [0, 0.1) is 5.92 Å². The number of carbonyl (C=O) groups is 1. The van der Waals surface area contributed by atoms with E-state index in [-0.39, 0.29) is 5.88 Å². The molecule has 3 nitrogen and oxygen atoms in total. The fourth-order valence-corrected chi connectivity index (χ4v) is 2.16. The minimum absolute atomic E-state index is 0.0860. The van der Waals surface area contributed by atoms with Crippen molar-refractivity contribution in [3.63, 3.8) is 0 Å². The molecule has 0 amide bonds. The first kappa shape index (κ1) is 14.1. The number of alkyl halides is 2. The van der Waals surface area contributed by atoms with Crippen LogP contribution in [0.25, 0.3) is 0 Å². The predicted octanol–water partition coefficient (Wildman–Crippen LogP) is 2.15. The van der Waals surface area contributed by atoms with Crippen LogP contribution in [0.4, 0.5) is 0 Å². The van der Waals surface area contributed by atoms with Gasteiger partial charge in [-0.25, -0.2) is 0 Å². The largest absolute Gasteiger partial charge is 0.458 e. The van der Waals surface area contributed by atoms with Crippen LogP contribution in [0.5, 0.6) is 0 Å². The summed E-state index contributed by atoms with van der Waals surface area (Å²) >= 11 is 11.3. The first-order valence-corrected chi connectivity index (χ1v) is 6.58. The maximum absolute atomic E-state index is 11.6. The highest BCUT2D eigenvalue weighted by Gasteiger charge is 2.35. The summed E-state index contributed by atoms with van der Waals surface area (Å²) in [6.45, 7) is 5.84. The average Bonchev–Trinajstić information content (AvgIpc) is 2.28. The molecule has 1 saturated heterocycles. The standard InChI is InChI=1S/C11H19Cl2NO2/c1-11(2,8-3-5-14-6-4-8)16-10(15)9(13)7-12/h8-9,14H,3-7H2,1-2H3. The van der Waals surface area contributed by atoms with Gasteiger partial charge >= 0.3 is 5.97 Å². The molecule has 94 valence electrons. The van der Waals surface area contributed by atoms with Gasteiger partial charge in [-0.3, -0.25) is 4.79 Å². The summed E-state index contributed by atoms with van der Waals surface area (Å²) in [6.07, 6.45) is 2.04. The Morgan fingerprint density at radius 1 is 1.50 bits per heavy atom. The second-order valence-corrected chi connectivity index (χ2v) is 5.51. The lowest BCUT2D eigenvalue weighted by atomic mass is 9.83. The van der Waals surface area contributed by atoms with Gasteiger partial charge in [-0.1, -0.05) is 0 Å². The molecule has 0 saturated carbocycles. The molecule has 1 unspecified atom stereocenters. The number of ether oxygens (including phenoxy) is 1. The fourth-order valence-electron chi connectivity index (χ4n) is 1.99. The first-order chi connectivity index (χ1) is 7.47. The van der Waals surface area contributed by atoms with Crippen molar-refractivity contribution in [3.05, 3.63) is 0 Å². The zero-order valence-corrected chi connectivity index (χ0v) is 11.3. The van der Waals surface area contributed by atoms with Crippen LogP contribution in [0.1, 0.15) is 26.7 Å². The summed E-state index contributed by atoms with van der Waals surface area (Å²) < 4.78 is 5.45. The number of hydrogen-bond donors (Lipinski definition) is 1. The van der Waals surface area contributed by atoms with Gasteiger partial charge in [-0.05, 0) is 39.8 Å². The topological polar surface area (TPSA) is 38.3 Å². The number of esters is 1. The van der Waals surface area contributed by atoms with Crippen molar-refractivity contribution in [1.82, 2.24) is 5.32 Å². The van der Waals surface area contributed by atoms with E-state index in [1.165, 1.54) is 0 Å². The Morgan fingerprint density at radius 3 is 2.56 bits per heavy atom. The molecule has 1 aliphatic heterocycles. The zero-order chi connectivity index (χ0) is 12.2. The summed E-state index contributed by atoms with van der Waals surface area (Å²) in [5.41, 5.74) is -0.460. The molecule has 1 atom stereocenters. The Morgan fingerprint density at radius 2 is 2.06 bits per heavy atom. The van der Waals surface area contributed by atoms with Gasteiger partial charge in [0.1, 0.15) is 11.0 Å². The number of rotatable bonds is 4. The van der Waals surface area contributed by atoms with Crippen LogP contribution in [0.2, 0.25) is 0 Å². The molecule has 0 aromatic carbocycles.